The van der Waals surface area contributed by atoms with Crippen molar-refractivity contribution in [2.75, 3.05) is 33.4 Å². The van der Waals surface area contributed by atoms with Crippen LogP contribution in [0.5, 0.6) is 5.75 Å². The fraction of sp³-hybridized carbons (Fsp3) is 0.579. The third-order valence-corrected chi connectivity index (χ3v) is 4.47. The maximum atomic E-state index is 12.0. The fourth-order valence-corrected chi connectivity index (χ4v) is 3.00. The number of likely N-dealkylation sites (tertiary alicyclic amines) is 1. The average Bonchev–Trinajstić information content (AvgIpc) is 2.67. The zero-order chi connectivity index (χ0) is 18.8. The normalized spacial score (nSPS) is 14.8. The van der Waals surface area contributed by atoms with Crippen molar-refractivity contribution in [2.45, 2.75) is 38.8 Å². The number of carbonyl (C=O) groups excluding carboxylic acids is 2. The second-order valence-electron chi connectivity index (χ2n) is 6.25. The Labute approximate surface area is 155 Å². The van der Waals surface area contributed by atoms with E-state index in [9.17, 15) is 9.59 Å². The Morgan fingerprint density at radius 2 is 1.96 bits per heavy atom. The lowest BCUT2D eigenvalue weighted by molar-refractivity contribution is -0.121. The Hall–Kier alpha value is -2.28. The molecule has 144 valence electrons. The molecule has 2 rings (SSSR count). The van der Waals surface area contributed by atoms with Crippen LogP contribution in [0.3, 0.4) is 0 Å². The second kappa shape index (κ2) is 10.7. The number of piperidine rings is 1. The van der Waals surface area contributed by atoms with Crippen molar-refractivity contribution < 1.29 is 19.1 Å². The third-order valence-electron chi connectivity index (χ3n) is 4.47. The quantitative estimate of drug-likeness (QED) is 0.738. The summed E-state index contributed by atoms with van der Waals surface area (Å²) in [6, 6.07) is 7.98. The second-order valence-corrected chi connectivity index (χ2v) is 6.25. The first kappa shape index (κ1) is 20.0. The maximum absolute atomic E-state index is 12.0. The van der Waals surface area contributed by atoms with Crippen molar-refractivity contribution in [3.05, 3.63) is 29.8 Å². The van der Waals surface area contributed by atoms with Crippen molar-refractivity contribution in [2.24, 2.45) is 0 Å². The van der Waals surface area contributed by atoms with Crippen LogP contribution in [-0.4, -0.2) is 56.3 Å². The lowest BCUT2D eigenvalue weighted by Gasteiger charge is -2.31. The van der Waals surface area contributed by atoms with E-state index in [0.717, 1.165) is 24.2 Å². The van der Waals surface area contributed by atoms with E-state index in [2.05, 4.69) is 10.6 Å². The molecule has 0 atom stereocenters. The van der Waals surface area contributed by atoms with Gasteiger partial charge in [0.15, 0.2) is 0 Å². The number of nitrogens with zero attached hydrogens (tertiary/aromatic N) is 1. The van der Waals surface area contributed by atoms with E-state index >= 15 is 0 Å². The molecule has 1 aromatic rings. The SMILES string of the molecule is CCOC(=O)N1CCC(NCCC(=O)NCc2ccccc2OC)CC1. The molecular weight excluding hydrogens is 334 g/mol. The zero-order valence-corrected chi connectivity index (χ0v) is 15.6. The number of benzene rings is 1. The van der Waals surface area contributed by atoms with Crippen molar-refractivity contribution in [1.29, 1.82) is 0 Å². The summed E-state index contributed by atoms with van der Waals surface area (Å²) in [7, 11) is 1.62. The topological polar surface area (TPSA) is 79.9 Å². The summed E-state index contributed by atoms with van der Waals surface area (Å²) < 4.78 is 10.3. The summed E-state index contributed by atoms with van der Waals surface area (Å²) in [6.07, 6.45) is 1.94. The van der Waals surface area contributed by atoms with Gasteiger partial charge in [0, 0.05) is 44.2 Å². The summed E-state index contributed by atoms with van der Waals surface area (Å²) >= 11 is 0. The predicted octanol–water partition coefficient (Wildman–Crippen LogP) is 1.91. The molecule has 1 fully saturated rings. The molecule has 1 aliphatic heterocycles. The van der Waals surface area contributed by atoms with E-state index in [4.69, 9.17) is 9.47 Å². The molecule has 2 N–H and O–H groups in total. The van der Waals surface area contributed by atoms with Gasteiger partial charge in [0.25, 0.3) is 0 Å². The number of methoxy groups -OCH3 is 1. The maximum Gasteiger partial charge on any atom is 0.409 e. The van der Waals surface area contributed by atoms with Crippen molar-refractivity contribution >= 4 is 12.0 Å². The molecule has 0 saturated carbocycles. The van der Waals surface area contributed by atoms with Crippen molar-refractivity contribution in [1.82, 2.24) is 15.5 Å². The molecule has 0 spiro atoms. The fourth-order valence-electron chi connectivity index (χ4n) is 3.00. The van der Waals surface area contributed by atoms with Gasteiger partial charge in [-0.3, -0.25) is 4.79 Å². The Morgan fingerprint density at radius 3 is 2.65 bits per heavy atom. The number of hydrogen-bond donors (Lipinski definition) is 2. The van der Waals surface area contributed by atoms with Gasteiger partial charge in [0.1, 0.15) is 5.75 Å². The van der Waals surface area contributed by atoms with E-state index in [-0.39, 0.29) is 12.0 Å². The summed E-state index contributed by atoms with van der Waals surface area (Å²) in [5.41, 5.74) is 0.961. The molecule has 0 bridgehead atoms. The number of nitrogens with one attached hydrogen (secondary N) is 2. The van der Waals surface area contributed by atoms with Gasteiger partial charge in [-0.15, -0.1) is 0 Å². The van der Waals surface area contributed by atoms with E-state index in [1.807, 2.05) is 31.2 Å². The average molecular weight is 363 g/mol. The van der Waals surface area contributed by atoms with E-state index in [1.165, 1.54) is 0 Å². The monoisotopic (exact) mass is 363 g/mol. The highest BCUT2D eigenvalue weighted by molar-refractivity contribution is 5.76. The molecule has 7 heteroatoms. The number of rotatable bonds is 8. The first-order valence-electron chi connectivity index (χ1n) is 9.17. The van der Waals surface area contributed by atoms with Crippen molar-refractivity contribution in [3.63, 3.8) is 0 Å². The molecule has 1 saturated heterocycles. The Morgan fingerprint density at radius 1 is 1.23 bits per heavy atom. The van der Waals surface area contributed by atoms with Gasteiger partial charge >= 0.3 is 6.09 Å². The molecule has 0 unspecified atom stereocenters. The minimum Gasteiger partial charge on any atom is -0.496 e. The van der Waals surface area contributed by atoms with E-state index in [1.54, 1.807) is 12.0 Å². The van der Waals surface area contributed by atoms with Gasteiger partial charge in [-0.25, -0.2) is 4.79 Å². The van der Waals surface area contributed by atoms with Gasteiger partial charge in [-0.05, 0) is 25.8 Å². The molecule has 1 aliphatic rings. The smallest absolute Gasteiger partial charge is 0.409 e. The molecule has 1 heterocycles. The molecular formula is C19H29N3O4. The van der Waals surface area contributed by atoms with Gasteiger partial charge in [0.2, 0.25) is 5.91 Å². The molecule has 0 aromatic heterocycles. The van der Waals surface area contributed by atoms with Crippen LogP contribution in [0, 0.1) is 0 Å². The zero-order valence-electron chi connectivity index (χ0n) is 15.6. The number of carbonyl (C=O) groups is 2. The van der Waals surface area contributed by atoms with Crippen LogP contribution in [0.25, 0.3) is 0 Å². The van der Waals surface area contributed by atoms with Crippen molar-refractivity contribution in [3.8, 4) is 5.75 Å². The van der Waals surface area contributed by atoms with Crippen LogP contribution in [0.15, 0.2) is 24.3 Å². The first-order chi connectivity index (χ1) is 12.6. The number of para-hydroxylation sites is 1. The van der Waals surface area contributed by atoms with Crippen LogP contribution >= 0.6 is 0 Å². The van der Waals surface area contributed by atoms with Crippen LogP contribution in [0.1, 0.15) is 31.7 Å². The molecule has 0 radical (unpaired) electrons. The van der Waals surface area contributed by atoms with Crippen LogP contribution < -0.4 is 15.4 Å². The molecule has 26 heavy (non-hydrogen) atoms. The highest BCUT2D eigenvalue weighted by Gasteiger charge is 2.23. The summed E-state index contributed by atoms with van der Waals surface area (Å²) in [5, 5.41) is 6.32. The highest BCUT2D eigenvalue weighted by Crippen LogP contribution is 2.16. The van der Waals surface area contributed by atoms with Gasteiger partial charge in [-0.1, -0.05) is 18.2 Å². The minimum atomic E-state index is -0.235. The summed E-state index contributed by atoms with van der Waals surface area (Å²) in [5.74, 6) is 0.784. The standard InChI is InChI=1S/C19H29N3O4/c1-3-26-19(24)22-12-9-16(10-13-22)20-11-8-18(23)21-14-15-6-4-5-7-17(15)25-2/h4-7,16,20H,3,8-14H2,1-2H3,(H,21,23). The van der Waals surface area contributed by atoms with Gasteiger partial charge in [-0.2, -0.15) is 0 Å². The lowest BCUT2D eigenvalue weighted by atomic mass is 10.1. The van der Waals surface area contributed by atoms with Crippen LogP contribution in [-0.2, 0) is 16.1 Å². The molecule has 1 aromatic carbocycles. The third kappa shape index (κ3) is 6.22. The molecule has 0 aliphatic carbocycles. The molecule has 2 amide bonds. The van der Waals surface area contributed by atoms with Crippen LogP contribution in [0.4, 0.5) is 4.79 Å². The lowest BCUT2D eigenvalue weighted by Crippen LogP contribution is -2.45. The Balaban J connectivity index is 1.61. The van der Waals surface area contributed by atoms with Gasteiger partial charge in [0.05, 0.1) is 13.7 Å². The van der Waals surface area contributed by atoms with Gasteiger partial charge < -0.3 is 25.0 Å². The number of ether oxygens (including phenoxy) is 2. The predicted molar refractivity (Wildman–Crippen MR) is 99.1 cm³/mol. The Bertz CT molecular complexity index is 586. The number of amides is 2. The number of hydrogen-bond acceptors (Lipinski definition) is 5. The van der Waals surface area contributed by atoms with E-state index in [0.29, 0.717) is 45.2 Å². The first-order valence-corrected chi connectivity index (χ1v) is 9.17. The molecule has 7 nitrogen and oxygen atoms in total. The Kier molecular flexibility index (Phi) is 8.21. The highest BCUT2D eigenvalue weighted by atomic mass is 16.6. The van der Waals surface area contributed by atoms with Crippen LogP contribution in [0.2, 0.25) is 0 Å². The largest absolute Gasteiger partial charge is 0.496 e. The van der Waals surface area contributed by atoms with E-state index < -0.39 is 0 Å². The minimum absolute atomic E-state index is 0.00682. The summed E-state index contributed by atoms with van der Waals surface area (Å²) in [4.78, 5) is 25.4. The summed E-state index contributed by atoms with van der Waals surface area (Å²) in [6.45, 7) is 4.68.